The second-order valence-corrected chi connectivity index (χ2v) is 7.26. The molecule has 0 radical (unpaired) electrons. The first kappa shape index (κ1) is 23.5. The number of hydrogen-bond donors (Lipinski definition) is 2. The molecule has 0 amide bonds. The van der Waals surface area contributed by atoms with Crippen molar-refractivity contribution < 1.29 is 9.47 Å². The quantitative estimate of drug-likeness (QED) is 0.231. The van der Waals surface area contributed by atoms with Gasteiger partial charge in [-0.1, -0.05) is 48.9 Å². The van der Waals surface area contributed by atoms with Crippen LogP contribution in [0.3, 0.4) is 0 Å². The zero-order chi connectivity index (χ0) is 19.7. The minimum atomic E-state index is 0. The lowest BCUT2D eigenvalue weighted by Crippen LogP contribution is -2.48. The van der Waals surface area contributed by atoms with Crippen LogP contribution in [0.25, 0.3) is 0 Å². The molecule has 0 saturated heterocycles. The molecule has 0 atom stereocenters. The summed E-state index contributed by atoms with van der Waals surface area (Å²) in [5.41, 5.74) is 2.84. The molecule has 1 fully saturated rings. The molecule has 2 N–H and O–H groups in total. The summed E-state index contributed by atoms with van der Waals surface area (Å²) >= 11 is 0. The van der Waals surface area contributed by atoms with Crippen molar-refractivity contribution >= 4 is 29.9 Å². The lowest BCUT2D eigenvalue weighted by atomic mass is 9.64. The highest BCUT2D eigenvalue weighted by Gasteiger charge is 2.38. The maximum absolute atomic E-state index is 5.60. The molecule has 5 nitrogen and oxygen atoms in total. The zero-order valence-electron chi connectivity index (χ0n) is 17.3. The van der Waals surface area contributed by atoms with Crippen molar-refractivity contribution in [1.82, 2.24) is 10.6 Å². The van der Waals surface area contributed by atoms with Gasteiger partial charge in [-0.15, -0.1) is 24.0 Å². The fourth-order valence-corrected chi connectivity index (χ4v) is 3.57. The van der Waals surface area contributed by atoms with Crippen molar-refractivity contribution in [2.45, 2.75) is 31.2 Å². The van der Waals surface area contributed by atoms with Gasteiger partial charge >= 0.3 is 0 Å². The summed E-state index contributed by atoms with van der Waals surface area (Å²) < 4.78 is 10.6. The van der Waals surface area contributed by atoms with Crippen LogP contribution in [0.4, 0.5) is 0 Å². The van der Waals surface area contributed by atoms with Crippen molar-refractivity contribution in [3.8, 4) is 5.75 Å². The van der Waals surface area contributed by atoms with Crippen LogP contribution >= 0.6 is 24.0 Å². The Balaban J connectivity index is 0.00000300. The van der Waals surface area contributed by atoms with E-state index in [1.54, 1.807) is 7.11 Å². The summed E-state index contributed by atoms with van der Waals surface area (Å²) in [6.07, 6.45) is 3.75. The Morgan fingerprint density at radius 2 is 1.72 bits per heavy atom. The Labute approximate surface area is 191 Å². The van der Waals surface area contributed by atoms with Crippen LogP contribution in [0.5, 0.6) is 5.75 Å². The standard InChI is InChI=1S/C23H31N3O2.HI/c1-24-22(25-17-19-9-11-21(12-10-19)28-16-15-27-2)26-18-23(13-6-14-23)20-7-4-3-5-8-20;/h3-5,7-12H,6,13-18H2,1-2H3,(H2,24,25,26);1H. The van der Waals surface area contributed by atoms with E-state index >= 15 is 0 Å². The van der Waals surface area contributed by atoms with Gasteiger partial charge in [0.15, 0.2) is 5.96 Å². The fourth-order valence-electron chi connectivity index (χ4n) is 3.57. The van der Waals surface area contributed by atoms with E-state index in [2.05, 4.69) is 58.1 Å². The molecule has 158 valence electrons. The molecule has 6 heteroatoms. The monoisotopic (exact) mass is 509 g/mol. The smallest absolute Gasteiger partial charge is 0.191 e. The maximum atomic E-state index is 5.60. The molecule has 29 heavy (non-hydrogen) atoms. The summed E-state index contributed by atoms with van der Waals surface area (Å²) in [6.45, 7) is 2.78. The number of guanidine groups is 1. The van der Waals surface area contributed by atoms with Gasteiger partial charge in [-0.05, 0) is 36.1 Å². The van der Waals surface area contributed by atoms with Gasteiger partial charge in [0.25, 0.3) is 0 Å². The van der Waals surface area contributed by atoms with Crippen LogP contribution in [0, 0.1) is 0 Å². The number of hydrogen-bond acceptors (Lipinski definition) is 3. The molecular weight excluding hydrogens is 477 g/mol. The highest BCUT2D eigenvalue weighted by Crippen LogP contribution is 2.43. The minimum absolute atomic E-state index is 0. The highest BCUT2D eigenvalue weighted by molar-refractivity contribution is 14.0. The molecule has 1 aliphatic carbocycles. The van der Waals surface area contributed by atoms with E-state index in [-0.39, 0.29) is 29.4 Å². The SMILES string of the molecule is CN=C(NCc1ccc(OCCOC)cc1)NCC1(c2ccccc2)CCC1.I. The van der Waals surface area contributed by atoms with Crippen molar-refractivity contribution in [2.24, 2.45) is 4.99 Å². The third-order valence-corrected chi connectivity index (χ3v) is 5.45. The van der Waals surface area contributed by atoms with Crippen molar-refractivity contribution in [1.29, 1.82) is 0 Å². The third-order valence-electron chi connectivity index (χ3n) is 5.45. The number of aliphatic imine (C=N–C) groups is 1. The number of ether oxygens (including phenoxy) is 2. The van der Waals surface area contributed by atoms with E-state index in [9.17, 15) is 0 Å². The highest BCUT2D eigenvalue weighted by atomic mass is 127. The first-order chi connectivity index (χ1) is 13.8. The van der Waals surface area contributed by atoms with Crippen LogP contribution < -0.4 is 15.4 Å². The van der Waals surface area contributed by atoms with Crippen LogP contribution in [0.15, 0.2) is 59.6 Å². The van der Waals surface area contributed by atoms with E-state index in [4.69, 9.17) is 9.47 Å². The lowest BCUT2D eigenvalue weighted by molar-refractivity contribution is 0.146. The van der Waals surface area contributed by atoms with Crippen LogP contribution in [-0.2, 0) is 16.7 Å². The van der Waals surface area contributed by atoms with Crippen LogP contribution in [0.2, 0.25) is 0 Å². The Kier molecular flexibility index (Phi) is 9.73. The fraction of sp³-hybridized carbons (Fsp3) is 0.435. The lowest BCUT2D eigenvalue weighted by Gasteiger charge is -2.43. The number of rotatable bonds is 9. The molecule has 2 aromatic carbocycles. The van der Waals surface area contributed by atoms with E-state index in [1.807, 2.05) is 19.2 Å². The molecule has 0 aromatic heterocycles. The van der Waals surface area contributed by atoms with Gasteiger partial charge < -0.3 is 20.1 Å². The van der Waals surface area contributed by atoms with Gasteiger partial charge in [0.2, 0.25) is 0 Å². The summed E-state index contributed by atoms with van der Waals surface area (Å²) in [4.78, 5) is 4.38. The van der Waals surface area contributed by atoms with Crippen molar-refractivity contribution in [3.63, 3.8) is 0 Å². The molecule has 1 saturated carbocycles. The van der Waals surface area contributed by atoms with Crippen molar-refractivity contribution in [2.75, 3.05) is 33.9 Å². The number of nitrogens with zero attached hydrogens (tertiary/aromatic N) is 1. The third kappa shape index (κ3) is 6.60. The predicted octanol–water partition coefficient (Wildman–Crippen LogP) is 4.12. The van der Waals surface area contributed by atoms with E-state index < -0.39 is 0 Å². The van der Waals surface area contributed by atoms with Crippen molar-refractivity contribution in [3.05, 3.63) is 65.7 Å². The Hall–Kier alpha value is -1.80. The first-order valence-corrected chi connectivity index (χ1v) is 9.96. The van der Waals surface area contributed by atoms with Gasteiger partial charge in [0, 0.05) is 32.7 Å². The maximum Gasteiger partial charge on any atom is 0.191 e. The van der Waals surface area contributed by atoms with E-state index in [0.717, 1.165) is 24.8 Å². The average Bonchev–Trinajstić information content (AvgIpc) is 2.71. The van der Waals surface area contributed by atoms with Gasteiger partial charge in [-0.3, -0.25) is 4.99 Å². The second-order valence-electron chi connectivity index (χ2n) is 7.26. The topological polar surface area (TPSA) is 54.9 Å². The molecule has 3 rings (SSSR count). The molecular formula is C23H32IN3O2. The van der Waals surface area contributed by atoms with Crippen LogP contribution in [0.1, 0.15) is 30.4 Å². The average molecular weight is 509 g/mol. The van der Waals surface area contributed by atoms with E-state index in [0.29, 0.717) is 13.2 Å². The number of benzene rings is 2. The molecule has 0 heterocycles. The predicted molar refractivity (Wildman–Crippen MR) is 129 cm³/mol. The summed E-state index contributed by atoms with van der Waals surface area (Å²) in [5.74, 6) is 1.70. The molecule has 2 aromatic rings. The zero-order valence-corrected chi connectivity index (χ0v) is 19.6. The largest absolute Gasteiger partial charge is 0.491 e. The van der Waals surface area contributed by atoms with Gasteiger partial charge in [-0.25, -0.2) is 0 Å². The number of nitrogens with one attached hydrogen (secondary N) is 2. The van der Waals surface area contributed by atoms with Gasteiger partial charge in [0.05, 0.1) is 6.61 Å². The molecule has 0 bridgehead atoms. The first-order valence-electron chi connectivity index (χ1n) is 9.96. The minimum Gasteiger partial charge on any atom is -0.491 e. The Morgan fingerprint density at radius 3 is 2.31 bits per heavy atom. The Morgan fingerprint density at radius 1 is 1.00 bits per heavy atom. The molecule has 0 spiro atoms. The van der Waals surface area contributed by atoms with Gasteiger partial charge in [0.1, 0.15) is 12.4 Å². The number of halogens is 1. The van der Waals surface area contributed by atoms with Crippen LogP contribution in [-0.4, -0.2) is 39.9 Å². The Bertz CT molecular complexity index is 746. The number of methoxy groups -OCH3 is 1. The molecule has 1 aliphatic rings. The molecule has 0 aliphatic heterocycles. The second kappa shape index (κ2) is 12.0. The van der Waals surface area contributed by atoms with Gasteiger partial charge in [-0.2, -0.15) is 0 Å². The van der Waals surface area contributed by atoms with E-state index in [1.165, 1.54) is 30.4 Å². The molecule has 0 unspecified atom stereocenters. The summed E-state index contributed by atoms with van der Waals surface area (Å²) in [6, 6.07) is 18.9. The normalized spacial score (nSPS) is 15.0. The summed E-state index contributed by atoms with van der Waals surface area (Å²) in [5, 5.41) is 6.93. The summed E-state index contributed by atoms with van der Waals surface area (Å²) in [7, 11) is 3.49.